The number of hydrogen-bond acceptors (Lipinski definition) is 3. The average Bonchev–Trinajstić information content (AvgIpc) is 2.42. The van der Waals surface area contributed by atoms with Gasteiger partial charge in [-0.05, 0) is 24.6 Å². The Hall–Kier alpha value is -1.86. The van der Waals surface area contributed by atoms with Crippen LogP contribution in [0.5, 0.6) is 0 Å². The number of halogens is 1. The van der Waals surface area contributed by atoms with Gasteiger partial charge in [0.25, 0.3) is 5.91 Å². The number of amides is 3. The van der Waals surface area contributed by atoms with Gasteiger partial charge in [-0.3, -0.25) is 10.0 Å². The van der Waals surface area contributed by atoms with Crippen LogP contribution in [0.15, 0.2) is 34.8 Å². The Balaban J connectivity index is 2.56. The Morgan fingerprint density at radius 1 is 1.45 bits per heavy atom. The van der Waals surface area contributed by atoms with Crippen LogP contribution in [0.3, 0.4) is 0 Å². The molecule has 3 amide bonds. The van der Waals surface area contributed by atoms with Crippen molar-refractivity contribution < 1.29 is 14.8 Å². The Morgan fingerprint density at radius 2 is 2.05 bits per heavy atom. The van der Waals surface area contributed by atoms with Crippen LogP contribution >= 0.6 is 15.9 Å². The molecule has 1 aromatic carbocycles. The predicted molar refractivity (Wildman–Crippen MR) is 78.9 cm³/mol. The molecule has 6 nitrogen and oxygen atoms in total. The third-order valence-corrected chi connectivity index (χ3v) is 3.02. The number of carbonyl (C=O) groups is 2. The van der Waals surface area contributed by atoms with Gasteiger partial charge in [-0.1, -0.05) is 40.2 Å². The largest absolute Gasteiger partial charge is 0.352 e. The number of benzene rings is 1. The molecule has 0 heterocycles. The topological polar surface area (TPSA) is 95.7 Å². The third kappa shape index (κ3) is 5.41. The lowest BCUT2D eigenvalue weighted by atomic mass is 10.2. The minimum atomic E-state index is -0.815. The summed E-state index contributed by atoms with van der Waals surface area (Å²) in [6, 6.07) is 6.23. The number of hydroxylamine groups is 2. The Kier molecular flexibility index (Phi) is 6.20. The van der Waals surface area contributed by atoms with Crippen LogP contribution in [0.25, 0.3) is 6.08 Å². The van der Waals surface area contributed by atoms with Crippen LogP contribution in [0.2, 0.25) is 0 Å². The van der Waals surface area contributed by atoms with E-state index in [1.807, 2.05) is 24.3 Å². The second-order valence-corrected chi connectivity index (χ2v) is 5.02. The van der Waals surface area contributed by atoms with Crippen molar-refractivity contribution in [2.45, 2.75) is 13.0 Å². The lowest BCUT2D eigenvalue weighted by Crippen LogP contribution is -2.43. The van der Waals surface area contributed by atoms with E-state index in [0.29, 0.717) is 5.06 Å². The summed E-state index contributed by atoms with van der Waals surface area (Å²) in [5, 5.41) is 12.3. The van der Waals surface area contributed by atoms with Gasteiger partial charge < -0.3 is 11.1 Å². The molecule has 0 radical (unpaired) electrons. The number of urea groups is 1. The van der Waals surface area contributed by atoms with E-state index in [1.165, 1.54) is 0 Å². The Labute approximate surface area is 125 Å². The van der Waals surface area contributed by atoms with Crippen molar-refractivity contribution in [1.29, 1.82) is 0 Å². The van der Waals surface area contributed by atoms with E-state index in [1.54, 1.807) is 19.1 Å². The van der Waals surface area contributed by atoms with Crippen molar-refractivity contribution >= 4 is 33.9 Å². The summed E-state index contributed by atoms with van der Waals surface area (Å²) in [5.41, 5.74) is 5.78. The molecule has 0 bridgehead atoms. The minimum absolute atomic E-state index is 0.345. The molecule has 0 fully saturated rings. The normalized spacial score (nSPS) is 12.2. The number of nitrogens with zero attached hydrogens (tertiary/aromatic N) is 1. The fourth-order valence-electron chi connectivity index (χ4n) is 1.38. The van der Waals surface area contributed by atoms with E-state index in [9.17, 15) is 14.8 Å². The summed E-state index contributed by atoms with van der Waals surface area (Å²) in [6.07, 6.45) is 3.46. The zero-order valence-electron chi connectivity index (χ0n) is 10.9. The van der Waals surface area contributed by atoms with E-state index >= 15 is 0 Å². The highest BCUT2D eigenvalue weighted by Crippen LogP contribution is 2.12. The molecule has 7 heteroatoms. The van der Waals surface area contributed by atoms with E-state index in [0.717, 1.165) is 10.0 Å². The fraction of sp³-hybridized carbons (Fsp3) is 0.231. The lowest BCUT2D eigenvalue weighted by molar-refractivity contribution is -0.168. The number of hydrogen-bond donors (Lipinski definition) is 3. The van der Waals surface area contributed by atoms with E-state index in [-0.39, 0.29) is 6.54 Å². The van der Waals surface area contributed by atoms with Crippen LogP contribution in [0, 0.1) is 0 Å². The van der Waals surface area contributed by atoms with Gasteiger partial charge in [-0.25, -0.2) is 9.86 Å². The summed E-state index contributed by atoms with van der Waals surface area (Å²) < 4.78 is 0.971. The molecule has 1 rings (SSSR count). The summed E-state index contributed by atoms with van der Waals surface area (Å²) in [6.45, 7) is 1.31. The first-order chi connectivity index (χ1) is 9.40. The number of primary amides is 1. The van der Waals surface area contributed by atoms with Gasteiger partial charge >= 0.3 is 6.03 Å². The van der Waals surface area contributed by atoms with Crippen LogP contribution < -0.4 is 11.1 Å². The monoisotopic (exact) mass is 341 g/mol. The van der Waals surface area contributed by atoms with Crippen molar-refractivity contribution in [2.75, 3.05) is 6.54 Å². The Morgan fingerprint density at radius 3 is 2.60 bits per heavy atom. The summed E-state index contributed by atoms with van der Waals surface area (Å²) in [7, 11) is 0. The van der Waals surface area contributed by atoms with Crippen LogP contribution in [-0.2, 0) is 4.79 Å². The average molecular weight is 342 g/mol. The number of carbonyl (C=O) groups excluding carboxylic acids is 2. The Bertz CT molecular complexity index is 502. The molecule has 0 aliphatic rings. The van der Waals surface area contributed by atoms with Crippen molar-refractivity contribution in [1.82, 2.24) is 10.4 Å². The standard InChI is InChI=1S/C13H16BrN3O3/c1-9(17(20)12(18)8-16-13(15)19)2-3-10-4-6-11(14)7-5-10/h2-7,9,20H,8H2,1H3,(H3,15,16,19)/b3-2-. The van der Waals surface area contributed by atoms with Crippen molar-refractivity contribution in [3.63, 3.8) is 0 Å². The van der Waals surface area contributed by atoms with E-state index in [4.69, 9.17) is 5.73 Å². The highest BCUT2D eigenvalue weighted by Gasteiger charge is 2.15. The maximum Gasteiger partial charge on any atom is 0.312 e. The van der Waals surface area contributed by atoms with Crippen LogP contribution in [-0.4, -0.2) is 34.8 Å². The summed E-state index contributed by atoms with van der Waals surface area (Å²) >= 11 is 3.34. The minimum Gasteiger partial charge on any atom is -0.352 e. The number of nitrogens with two attached hydrogens (primary N) is 1. The molecule has 4 N–H and O–H groups in total. The fourth-order valence-corrected chi connectivity index (χ4v) is 1.64. The molecule has 0 aliphatic carbocycles. The van der Waals surface area contributed by atoms with Gasteiger partial charge in [0.2, 0.25) is 0 Å². The molecule has 0 saturated carbocycles. The van der Waals surface area contributed by atoms with Gasteiger partial charge in [0.15, 0.2) is 0 Å². The second kappa shape index (κ2) is 7.66. The molecule has 0 aliphatic heterocycles. The lowest BCUT2D eigenvalue weighted by Gasteiger charge is -2.19. The molecular formula is C13H16BrN3O3. The third-order valence-electron chi connectivity index (χ3n) is 2.49. The van der Waals surface area contributed by atoms with Gasteiger partial charge in [0, 0.05) is 4.47 Å². The van der Waals surface area contributed by atoms with Crippen molar-refractivity contribution in [3.05, 3.63) is 40.4 Å². The quantitative estimate of drug-likeness (QED) is 0.562. The van der Waals surface area contributed by atoms with Crippen LogP contribution in [0.1, 0.15) is 12.5 Å². The summed E-state index contributed by atoms with van der Waals surface area (Å²) in [4.78, 5) is 22.0. The first-order valence-corrected chi connectivity index (χ1v) is 6.67. The summed E-state index contributed by atoms with van der Waals surface area (Å²) in [5.74, 6) is -0.642. The molecule has 1 aromatic rings. The van der Waals surface area contributed by atoms with Gasteiger partial charge in [-0.15, -0.1) is 0 Å². The second-order valence-electron chi connectivity index (χ2n) is 4.11. The molecule has 108 valence electrons. The van der Waals surface area contributed by atoms with E-state index in [2.05, 4.69) is 21.2 Å². The first kappa shape index (κ1) is 16.2. The maximum atomic E-state index is 11.5. The van der Waals surface area contributed by atoms with Gasteiger partial charge in [0.1, 0.15) is 6.54 Å². The van der Waals surface area contributed by atoms with Crippen LogP contribution in [0.4, 0.5) is 4.79 Å². The number of nitrogens with one attached hydrogen (secondary N) is 1. The zero-order chi connectivity index (χ0) is 15.1. The van der Waals surface area contributed by atoms with Crippen molar-refractivity contribution in [3.8, 4) is 0 Å². The maximum absolute atomic E-state index is 11.5. The highest BCUT2D eigenvalue weighted by molar-refractivity contribution is 9.10. The van der Waals surface area contributed by atoms with Gasteiger partial charge in [-0.2, -0.15) is 0 Å². The molecule has 1 unspecified atom stereocenters. The number of rotatable bonds is 5. The molecule has 0 aromatic heterocycles. The van der Waals surface area contributed by atoms with Crippen molar-refractivity contribution in [2.24, 2.45) is 5.73 Å². The molecule has 0 spiro atoms. The molecular weight excluding hydrogens is 326 g/mol. The first-order valence-electron chi connectivity index (χ1n) is 5.88. The zero-order valence-corrected chi connectivity index (χ0v) is 12.5. The molecule has 20 heavy (non-hydrogen) atoms. The predicted octanol–water partition coefficient (Wildman–Crippen LogP) is 1.74. The van der Waals surface area contributed by atoms with E-state index < -0.39 is 18.0 Å². The molecule has 1 atom stereocenters. The molecule has 0 saturated heterocycles. The smallest absolute Gasteiger partial charge is 0.312 e. The SMILES string of the molecule is CC(/C=C\c1ccc(Br)cc1)N(O)C(=O)CNC(N)=O. The highest BCUT2D eigenvalue weighted by atomic mass is 79.9. The van der Waals surface area contributed by atoms with Gasteiger partial charge in [0.05, 0.1) is 6.04 Å².